The first-order valence-electron chi connectivity index (χ1n) is 12.7. The van der Waals surface area contributed by atoms with Crippen molar-refractivity contribution >= 4 is 23.4 Å². The molecule has 1 aliphatic heterocycles. The number of amides is 2. The third kappa shape index (κ3) is 5.16. The number of rotatable bonds is 8. The summed E-state index contributed by atoms with van der Waals surface area (Å²) in [7, 11) is 3.17. The number of ether oxygens (including phenoxy) is 2. The van der Waals surface area contributed by atoms with Crippen molar-refractivity contribution in [2.75, 3.05) is 32.2 Å². The van der Waals surface area contributed by atoms with E-state index in [0.717, 1.165) is 62.3 Å². The van der Waals surface area contributed by atoms with Gasteiger partial charge in [-0.15, -0.1) is 0 Å². The predicted molar refractivity (Wildman–Crippen MR) is 137 cm³/mol. The van der Waals surface area contributed by atoms with E-state index in [4.69, 9.17) is 9.47 Å². The van der Waals surface area contributed by atoms with Crippen molar-refractivity contribution in [3.05, 3.63) is 41.3 Å². The SMILES string of the molecule is COc1ccc(OC)c(C[C@H](NC(C)=O)C(=O)NC2CCN(c3c4c(nc5ncnn35)CCC4)CC2)c1. The normalized spacial score (nSPS) is 16.4. The van der Waals surface area contributed by atoms with Gasteiger partial charge in [0.1, 0.15) is 29.7 Å². The molecule has 1 aliphatic carbocycles. The van der Waals surface area contributed by atoms with Crippen molar-refractivity contribution < 1.29 is 19.1 Å². The highest BCUT2D eigenvalue weighted by molar-refractivity contribution is 5.87. The van der Waals surface area contributed by atoms with Gasteiger partial charge in [-0.25, -0.2) is 4.98 Å². The van der Waals surface area contributed by atoms with Crippen LogP contribution < -0.4 is 25.0 Å². The summed E-state index contributed by atoms with van der Waals surface area (Å²) in [6, 6.07) is 4.71. The van der Waals surface area contributed by atoms with Crippen molar-refractivity contribution in [1.82, 2.24) is 30.2 Å². The molecule has 3 heterocycles. The number of fused-ring (bicyclic) bond motifs is 2. The fourth-order valence-electron chi connectivity index (χ4n) is 5.38. The van der Waals surface area contributed by atoms with Crippen LogP contribution in [-0.2, 0) is 28.9 Å². The van der Waals surface area contributed by atoms with Gasteiger partial charge in [-0.2, -0.15) is 14.6 Å². The number of carbonyl (C=O) groups is 2. The van der Waals surface area contributed by atoms with Crippen molar-refractivity contribution in [2.45, 2.75) is 57.5 Å². The van der Waals surface area contributed by atoms with Crippen LogP contribution in [0.3, 0.4) is 0 Å². The first kappa shape index (κ1) is 24.8. The second-order valence-electron chi connectivity index (χ2n) is 9.59. The lowest BCUT2D eigenvalue weighted by molar-refractivity contribution is -0.128. The number of piperidine rings is 1. The van der Waals surface area contributed by atoms with Gasteiger partial charge in [-0.3, -0.25) is 9.59 Å². The number of aryl methyl sites for hydroxylation is 1. The lowest BCUT2D eigenvalue weighted by Crippen LogP contribution is -2.52. The molecule has 2 N–H and O–H groups in total. The van der Waals surface area contributed by atoms with Crippen LogP contribution in [0, 0.1) is 0 Å². The van der Waals surface area contributed by atoms with Crippen LogP contribution in [0.2, 0.25) is 0 Å². The maximum Gasteiger partial charge on any atom is 0.254 e. The van der Waals surface area contributed by atoms with Crippen molar-refractivity contribution in [1.29, 1.82) is 0 Å². The molecule has 11 nitrogen and oxygen atoms in total. The van der Waals surface area contributed by atoms with Crippen LogP contribution in [0.15, 0.2) is 24.5 Å². The van der Waals surface area contributed by atoms with Crippen LogP contribution in [0.4, 0.5) is 5.82 Å². The van der Waals surface area contributed by atoms with E-state index < -0.39 is 6.04 Å². The molecule has 1 saturated heterocycles. The summed E-state index contributed by atoms with van der Waals surface area (Å²) >= 11 is 0. The Balaban J connectivity index is 1.27. The molecule has 5 rings (SSSR count). The van der Waals surface area contributed by atoms with Gasteiger partial charge in [0.25, 0.3) is 5.78 Å². The second kappa shape index (κ2) is 10.6. The maximum absolute atomic E-state index is 13.3. The summed E-state index contributed by atoms with van der Waals surface area (Å²) in [5.41, 5.74) is 3.17. The number of nitrogens with zero attached hydrogens (tertiary/aromatic N) is 5. The van der Waals surface area contributed by atoms with E-state index in [1.807, 2.05) is 10.6 Å². The van der Waals surface area contributed by atoms with Gasteiger partial charge in [-0.05, 0) is 50.3 Å². The van der Waals surface area contributed by atoms with E-state index in [2.05, 4.69) is 30.6 Å². The Hall–Kier alpha value is -3.89. The van der Waals surface area contributed by atoms with Crippen LogP contribution in [0.25, 0.3) is 5.78 Å². The summed E-state index contributed by atoms with van der Waals surface area (Å²) in [5, 5.41) is 10.4. The van der Waals surface area contributed by atoms with E-state index in [1.54, 1.807) is 32.7 Å². The molecule has 196 valence electrons. The molecular formula is C26H33N7O4. The van der Waals surface area contributed by atoms with E-state index in [0.29, 0.717) is 17.3 Å². The van der Waals surface area contributed by atoms with Gasteiger partial charge >= 0.3 is 0 Å². The number of hydrogen-bond acceptors (Lipinski definition) is 8. The van der Waals surface area contributed by atoms with Gasteiger partial charge in [-0.1, -0.05) is 0 Å². The third-order valence-corrected chi connectivity index (χ3v) is 7.17. The quantitative estimate of drug-likeness (QED) is 0.470. The van der Waals surface area contributed by atoms with Crippen molar-refractivity contribution in [3.8, 4) is 11.5 Å². The zero-order chi connectivity index (χ0) is 25.9. The number of aromatic nitrogens is 4. The largest absolute Gasteiger partial charge is 0.497 e. The van der Waals surface area contributed by atoms with Gasteiger partial charge in [0.2, 0.25) is 11.8 Å². The standard InChI is InChI=1S/C26H33N7O4/c1-16(34)29-22(14-17-13-19(36-2)7-8-23(17)37-3)24(35)30-18-9-11-32(12-10-18)25-20-5-4-6-21(20)31-26-27-15-28-33(25)26/h7-8,13,15,18,22H,4-6,9-12,14H2,1-3H3,(H,29,34)(H,30,35)/t22-/m0/s1. The minimum atomic E-state index is -0.727. The average Bonchev–Trinajstić information content (AvgIpc) is 3.56. The van der Waals surface area contributed by atoms with Gasteiger partial charge in [0.15, 0.2) is 0 Å². The van der Waals surface area contributed by atoms with E-state index in [-0.39, 0.29) is 24.3 Å². The Bertz CT molecular complexity index is 1300. The molecule has 2 aromatic heterocycles. The molecule has 37 heavy (non-hydrogen) atoms. The number of anilines is 1. The minimum Gasteiger partial charge on any atom is -0.497 e. The topological polar surface area (TPSA) is 123 Å². The Morgan fingerprint density at radius 1 is 1.16 bits per heavy atom. The molecular weight excluding hydrogens is 474 g/mol. The first-order chi connectivity index (χ1) is 18.0. The molecule has 1 aromatic carbocycles. The molecule has 2 amide bonds. The Morgan fingerprint density at radius 3 is 2.70 bits per heavy atom. The number of benzene rings is 1. The number of hydrogen-bond donors (Lipinski definition) is 2. The molecule has 0 bridgehead atoms. The molecule has 0 spiro atoms. The van der Waals surface area contributed by atoms with Crippen LogP contribution in [-0.4, -0.2) is 70.8 Å². The Labute approximate surface area is 215 Å². The van der Waals surface area contributed by atoms with Crippen molar-refractivity contribution in [3.63, 3.8) is 0 Å². The molecule has 0 saturated carbocycles. The van der Waals surface area contributed by atoms with Crippen LogP contribution in [0.1, 0.15) is 43.0 Å². The summed E-state index contributed by atoms with van der Waals surface area (Å²) < 4.78 is 12.6. The molecule has 3 aromatic rings. The predicted octanol–water partition coefficient (Wildman–Crippen LogP) is 1.46. The first-order valence-corrected chi connectivity index (χ1v) is 12.7. The molecule has 11 heteroatoms. The second-order valence-corrected chi connectivity index (χ2v) is 9.59. The summed E-state index contributed by atoms with van der Waals surface area (Å²) in [5.74, 6) is 2.55. The summed E-state index contributed by atoms with van der Waals surface area (Å²) in [6.45, 7) is 2.98. The highest BCUT2D eigenvalue weighted by atomic mass is 16.5. The zero-order valence-electron chi connectivity index (χ0n) is 21.5. The summed E-state index contributed by atoms with van der Waals surface area (Å²) in [4.78, 5) is 36.6. The summed E-state index contributed by atoms with van der Waals surface area (Å²) in [6.07, 6.45) is 6.48. The minimum absolute atomic E-state index is 0.00772. The molecule has 2 aliphatic rings. The van der Waals surface area contributed by atoms with Gasteiger partial charge in [0, 0.05) is 43.6 Å². The lowest BCUT2D eigenvalue weighted by Gasteiger charge is -2.35. The maximum atomic E-state index is 13.3. The number of nitrogens with one attached hydrogen (secondary N) is 2. The van der Waals surface area contributed by atoms with Gasteiger partial charge in [0.05, 0.1) is 19.9 Å². The van der Waals surface area contributed by atoms with Crippen LogP contribution >= 0.6 is 0 Å². The highest BCUT2D eigenvalue weighted by Gasteiger charge is 2.30. The average molecular weight is 508 g/mol. The third-order valence-electron chi connectivity index (χ3n) is 7.17. The molecule has 0 unspecified atom stereocenters. The zero-order valence-corrected chi connectivity index (χ0v) is 21.5. The molecule has 1 atom stereocenters. The Kier molecular flexibility index (Phi) is 7.11. The molecule has 0 radical (unpaired) electrons. The number of carbonyl (C=O) groups excluding carboxylic acids is 2. The highest BCUT2D eigenvalue weighted by Crippen LogP contribution is 2.32. The smallest absolute Gasteiger partial charge is 0.254 e. The lowest BCUT2D eigenvalue weighted by atomic mass is 10.0. The monoisotopic (exact) mass is 507 g/mol. The fraction of sp³-hybridized carbons (Fsp3) is 0.500. The van der Waals surface area contributed by atoms with E-state index >= 15 is 0 Å². The van der Waals surface area contributed by atoms with E-state index in [1.165, 1.54) is 12.5 Å². The van der Waals surface area contributed by atoms with Crippen LogP contribution in [0.5, 0.6) is 11.5 Å². The molecule has 1 fully saturated rings. The van der Waals surface area contributed by atoms with Gasteiger partial charge < -0.3 is 25.0 Å². The van der Waals surface area contributed by atoms with E-state index in [9.17, 15) is 9.59 Å². The Morgan fingerprint density at radius 2 is 1.97 bits per heavy atom. The number of methoxy groups -OCH3 is 2. The fourth-order valence-corrected chi connectivity index (χ4v) is 5.38. The van der Waals surface area contributed by atoms with Crippen molar-refractivity contribution in [2.24, 2.45) is 0 Å².